The van der Waals surface area contributed by atoms with Crippen LogP contribution in [0, 0.1) is 0 Å². The number of rotatable bonds is 6. The molecular weight excluding hydrogens is 350 g/mol. The summed E-state index contributed by atoms with van der Waals surface area (Å²) in [6.45, 7) is 2.94. The molecule has 0 aromatic heterocycles. The molecule has 5 heteroatoms. The largest absolute Gasteiger partial charge is 0.349 e. The van der Waals surface area contributed by atoms with Crippen LogP contribution in [0.1, 0.15) is 52.0 Å². The molecule has 2 aliphatic rings. The second kappa shape index (κ2) is 8.57. The molecule has 0 bridgehead atoms. The Hall–Kier alpha value is -2.66. The number of carbonyl (C=O) groups excluding carboxylic acids is 2. The summed E-state index contributed by atoms with van der Waals surface area (Å²) in [6, 6.07) is 18.0. The summed E-state index contributed by atoms with van der Waals surface area (Å²) in [5, 5.41) is 6.11. The van der Waals surface area contributed by atoms with Gasteiger partial charge in [-0.3, -0.25) is 14.5 Å². The molecule has 2 fully saturated rings. The number of hydrogen-bond donors (Lipinski definition) is 2. The molecule has 1 heterocycles. The van der Waals surface area contributed by atoms with Crippen molar-refractivity contribution in [2.75, 3.05) is 13.1 Å². The van der Waals surface area contributed by atoms with Crippen LogP contribution in [0.3, 0.4) is 0 Å². The Labute approximate surface area is 166 Å². The Bertz CT molecular complexity index is 808. The van der Waals surface area contributed by atoms with Gasteiger partial charge in [-0.2, -0.15) is 0 Å². The first kappa shape index (κ1) is 18.7. The van der Waals surface area contributed by atoms with Crippen LogP contribution in [-0.4, -0.2) is 41.9 Å². The normalized spacial score (nSPS) is 17.9. The number of likely N-dealkylation sites (tertiary alicyclic amines) is 1. The number of hydrogen-bond acceptors (Lipinski definition) is 3. The summed E-state index contributed by atoms with van der Waals surface area (Å²) < 4.78 is 0. The summed E-state index contributed by atoms with van der Waals surface area (Å²) in [5.74, 6) is -0.115. The van der Waals surface area contributed by atoms with E-state index in [-0.39, 0.29) is 17.9 Å². The van der Waals surface area contributed by atoms with Crippen molar-refractivity contribution in [1.82, 2.24) is 15.5 Å². The Morgan fingerprint density at radius 3 is 1.75 bits per heavy atom. The van der Waals surface area contributed by atoms with Crippen LogP contribution >= 0.6 is 0 Å². The maximum Gasteiger partial charge on any atom is 0.251 e. The zero-order chi connectivity index (χ0) is 19.3. The van der Waals surface area contributed by atoms with Gasteiger partial charge in [0, 0.05) is 42.8 Å². The van der Waals surface area contributed by atoms with Gasteiger partial charge in [-0.05, 0) is 55.5 Å². The lowest BCUT2D eigenvalue weighted by atomic mass is 10.0. The number of piperidine rings is 1. The van der Waals surface area contributed by atoms with Crippen LogP contribution in [-0.2, 0) is 6.54 Å². The molecular formula is C23H27N3O2. The average Bonchev–Trinajstić information content (AvgIpc) is 3.54. The molecule has 5 nitrogen and oxygen atoms in total. The van der Waals surface area contributed by atoms with Crippen molar-refractivity contribution in [3.8, 4) is 0 Å². The first-order valence-corrected chi connectivity index (χ1v) is 10.2. The van der Waals surface area contributed by atoms with E-state index in [0.29, 0.717) is 17.2 Å². The van der Waals surface area contributed by atoms with E-state index in [4.69, 9.17) is 0 Å². The molecule has 146 valence electrons. The molecule has 28 heavy (non-hydrogen) atoms. The number of amides is 2. The van der Waals surface area contributed by atoms with Gasteiger partial charge in [-0.15, -0.1) is 0 Å². The molecule has 1 aliphatic carbocycles. The van der Waals surface area contributed by atoms with E-state index in [2.05, 4.69) is 39.8 Å². The standard InChI is InChI=1S/C23H27N3O2/c27-22(24-20-10-11-20)18-6-8-19(9-7-18)23(28)25-21-12-14-26(15-13-21)16-17-4-2-1-3-5-17/h1-9,20-21H,10-16H2,(H,24,27)(H,25,28). The summed E-state index contributed by atoms with van der Waals surface area (Å²) in [7, 11) is 0. The highest BCUT2D eigenvalue weighted by atomic mass is 16.2. The van der Waals surface area contributed by atoms with E-state index < -0.39 is 0 Å². The average molecular weight is 377 g/mol. The lowest BCUT2D eigenvalue weighted by molar-refractivity contribution is 0.0905. The van der Waals surface area contributed by atoms with Gasteiger partial charge in [-0.1, -0.05) is 30.3 Å². The van der Waals surface area contributed by atoms with E-state index in [1.54, 1.807) is 24.3 Å². The molecule has 4 rings (SSSR count). The zero-order valence-corrected chi connectivity index (χ0v) is 16.1. The van der Waals surface area contributed by atoms with Crippen molar-refractivity contribution in [3.05, 3.63) is 71.3 Å². The van der Waals surface area contributed by atoms with Crippen LogP contribution in [0.5, 0.6) is 0 Å². The van der Waals surface area contributed by atoms with Crippen LogP contribution in [0.15, 0.2) is 54.6 Å². The van der Waals surface area contributed by atoms with Crippen molar-refractivity contribution >= 4 is 11.8 Å². The third-order valence-electron chi connectivity index (χ3n) is 5.49. The van der Waals surface area contributed by atoms with Crippen molar-refractivity contribution < 1.29 is 9.59 Å². The molecule has 2 amide bonds. The van der Waals surface area contributed by atoms with Crippen LogP contribution in [0.2, 0.25) is 0 Å². The lowest BCUT2D eigenvalue weighted by Gasteiger charge is -2.32. The van der Waals surface area contributed by atoms with Gasteiger partial charge >= 0.3 is 0 Å². The fourth-order valence-electron chi connectivity index (χ4n) is 3.62. The van der Waals surface area contributed by atoms with Crippen LogP contribution < -0.4 is 10.6 Å². The third-order valence-corrected chi connectivity index (χ3v) is 5.49. The predicted octanol–water partition coefficient (Wildman–Crippen LogP) is 2.97. The molecule has 1 aliphatic heterocycles. The third kappa shape index (κ3) is 4.98. The Kier molecular flexibility index (Phi) is 5.72. The van der Waals surface area contributed by atoms with Gasteiger partial charge in [0.25, 0.3) is 11.8 Å². The minimum Gasteiger partial charge on any atom is -0.349 e. The molecule has 1 saturated heterocycles. The van der Waals surface area contributed by atoms with Gasteiger partial charge in [0.15, 0.2) is 0 Å². The second-order valence-corrected chi connectivity index (χ2v) is 7.83. The Morgan fingerprint density at radius 2 is 1.25 bits per heavy atom. The number of nitrogens with zero attached hydrogens (tertiary/aromatic N) is 1. The lowest BCUT2D eigenvalue weighted by Crippen LogP contribution is -2.44. The molecule has 0 spiro atoms. The van der Waals surface area contributed by atoms with Crippen LogP contribution in [0.4, 0.5) is 0 Å². The highest BCUT2D eigenvalue weighted by molar-refractivity contribution is 5.98. The predicted molar refractivity (Wildman–Crippen MR) is 109 cm³/mol. The highest BCUT2D eigenvalue weighted by Gasteiger charge is 2.24. The van der Waals surface area contributed by atoms with Crippen molar-refractivity contribution in [2.24, 2.45) is 0 Å². The van der Waals surface area contributed by atoms with Gasteiger partial charge in [-0.25, -0.2) is 0 Å². The van der Waals surface area contributed by atoms with Gasteiger partial charge < -0.3 is 10.6 Å². The first-order valence-electron chi connectivity index (χ1n) is 10.2. The SMILES string of the molecule is O=C(NC1CC1)c1ccc(C(=O)NC2CCN(Cc3ccccc3)CC2)cc1. The summed E-state index contributed by atoms with van der Waals surface area (Å²) in [5.41, 5.74) is 2.54. The molecule has 0 atom stereocenters. The topological polar surface area (TPSA) is 61.4 Å². The molecule has 1 saturated carbocycles. The number of benzene rings is 2. The van der Waals surface area contributed by atoms with E-state index in [0.717, 1.165) is 45.3 Å². The van der Waals surface area contributed by atoms with Crippen LogP contribution in [0.25, 0.3) is 0 Å². The molecule has 2 aromatic rings. The fraction of sp³-hybridized carbons (Fsp3) is 0.391. The van der Waals surface area contributed by atoms with E-state index in [1.807, 2.05) is 6.07 Å². The fourth-order valence-corrected chi connectivity index (χ4v) is 3.62. The monoisotopic (exact) mass is 377 g/mol. The van der Waals surface area contributed by atoms with Crippen molar-refractivity contribution in [3.63, 3.8) is 0 Å². The summed E-state index contributed by atoms with van der Waals surface area (Å²) in [4.78, 5) is 27.0. The Balaban J connectivity index is 1.24. The van der Waals surface area contributed by atoms with Gasteiger partial charge in [0.05, 0.1) is 0 Å². The first-order chi connectivity index (χ1) is 13.7. The molecule has 2 N–H and O–H groups in total. The van der Waals surface area contributed by atoms with Gasteiger partial charge in [0.1, 0.15) is 0 Å². The van der Waals surface area contributed by atoms with Crippen molar-refractivity contribution in [2.45, 2.75) is 44.3 Å². The van der Waals surface area contributed by atoms with E-state index in [1.165, 1.54) is 5.56 Å². The maximum atomic E-state index is 12.5. The molecule has 0 radical (unpaired) electrons. The highest BCUT2D eigenvalue weighted by Crippen LogP contribution is 2.19. The molecule has 0 unspecified atom stereocenters. The van der Waals surface area contributed by atoms with E-state index >= 15 is 0 Å². The minimum absolute atomic E-state index is 0.0553. The zero-order valence-electron chi connectivity index (χ0n) is 16.1. The second-order valence-electron chi connectivity index (χ2n) is 7.83. The van der Waals surface area contributed by atoms with E-state index in [9.17, 15) is 9.59 Å². The maximum absolute atomic E-state index is 12.5. The van der Waals surface area contributed by atoms with Gasteiger partial charge in [0.2, 0.25) is 0 Å². The Morgan fingerprint density at radius 1 is 0.750 bits per heavy atom. The summed E-state index contributed by atoms with van der Waals surface area (Å²) >= 11 is 0. The quantitative estimate of drug-likeness (QED) is 0.814. The smallest absolute Gasteiger partial charge is 0.251 e. The number of nitrogens with one attached hydrogen (secondary N) is 2. The summed E-state index contributed by atoms with van der Waals surface area (Å²) in [6.07, 6.45) is 4.05. The number of carbonyl (C=O) groups is 2. The molecule has 2 aromatic carbocycles. The minimum atomic E-state index is -0.0596. The van der Waals surface area contributed by atoms with Crippen molar-refractivity contribution in [1.29, 1.82) is 0 Å².